The number of hydrogen-bond acceptors (Lipinski definition) is 8. The molecule has 0 radical (unpaired) electrons. The minimum atomic E-state index is -4.64. The molecule has 4 N–H and O–H groups in total. The summed E-state index contributed by atoms with van der Waals surface area (Å²) in [5.41, 5.74) is 0.315. The fourth-order valence-electron chi connectivity index (χ4n) is 7.31. The highest BCUT2D eigenvalue weighted by atomic mass is 32.1. The van der Waals surface area contributed by atoms with Gasteiger partial charge in [-0.25, -0.2) is 4.98 Å². The molecule has 0 saturated carbocycles. The highest BCUT2D eigenvalue weighted by molar-refractivity contribution is 7.09. The summed E-state index contributed by atoms with van der Waals surface area (Å²) in [4.78, 5) is 61.7. The van der Waals surface area contributed by atoms with E-state index in [1.54, 1.807) is 4.90 Å². The maximum absolute atomic E-state index is 14.7. The lowest BCUT2D eigenvalue weighted by molar-refractivity contribution is -0.143. The lowest BCUT2D eigenvalue weighted by atomic mass is 9.90. The van der Waals surface area contributed by atoms with Gasteiger partial charge in [0.2, 0.25) is 11.8 Å². The number of piperidine rings is 1. The summed E-state index contributed by atoms with van der Waals surface area (Å²) < 4.78 is 40.1. The van der Waals surface area contributed by atoms with Crippen molar-refractivity contribution in [2.45, 2.75) is 116 Å². The number of benzene rings is 2. The lowest BCUT2D eigenvalue weighted by Gasteiger charge is -2.40. The number of carbonyl (C=O) groups is 4. The molecule has 2 aromatic carbocycles. The molecule has 1 aromatic heterocycles. The third-order valence-electron chi connectivity index (χ3n) is 11.0. The van der Waals surface area contributed by atoms with Crippen molar-refractivity contribution in [2.75, 3.05) is 20.1 Å². The SMILES string of the molecule is CCC(C)C(NC(=O)C1CCCCN1C)C(=O)N(Cc1ccccc1)[C@H](C[C@@H](O)c1nc(C(=O)NCC[C@@H](C(=O)O)c2cc(C(F)(F)F)ccc2C)cs1)C(C)C. The van der Waals surface area contributed by atoms with Gasteiger partial charge in [-0.05, 0) is 80.4 Å². The van der Waals surface area contributed by atoms with E-state index in [0.717, 1.165) is 48.4 Å². The fraction of sp³-hybridized carbons (Fsp3) is 0.548. The van der Waals surface area contributed by atoms with Gasteiger partial charge in [0.1, 0.15) is 22.8 Å². The number of aliphatic carboxylic acids is 1. The summed E-state index contributed by atoms with van der Waals surface area (Å²) in [6.45, 7) is 10.3. The van der Waals surface area contributed by atoms with Gasteiger partial charge in [0.05, 0.1) is 17.5 Å². The molecule has 11 nitrogen and oxygen atoms in total. The molecule has 0 aliphatic carbocycles. The topological polar surface area (TPSA) is 152 Å². The van der Waals surface area contributed by atoms with Crippen LogP contribution in [-0.4, -0.2) is 87.0 Å². The van der Waals surface area contributed by atoms with E-state index in [-0.39, 0.29) is 71.9 Å². The van der Waals surface area contributed by atoms with Gasteiger partial charge >= 0.3 is 12.1 Å². The standard InChI is InChI=1S/C42H56F3N5O6S/c1-7-26(4)36(48-38(53)33-15-11-12-20-49(33)6)40(54)50(23-28-13-9-8-10-14-28)34(25(2)3)22-35(51)39-47-32(24-57-39)37(52)46-19-18-30(41(55)56)31-21-29(42(43,44)45)17-16-27(31)5/h8-10,13-14,16-17,21,24-26,30,33-36,51H,7,11-12,15,18-20,22-23H2,1-6H3,(H,46,52)(H,48,53)(H,55,56)/t26?,30-,33?,34-,35-,36?/m1/s1. The van der Waals surface area contributed by atoms with Crippen LogP contribution in [0.15, 0.2) is 53.9 Å². The summed E-state index contributed by atoms with van der Waals surface area (Å²) in [5, 5.41) is 28.9. The number of carboxylic acid groups (broad SMARTS) is 1. The van der Waals surface area contributed by atoms with Gasteiger partial charge in [0.15, 0.2) is 0 Å². The highest BCUT2D eigenvalue weighted by Crippen LogP contribution is 2.34. The molecule has 1 aliphatic rings. The van der Waals surface area contributed by atoms with Crippen molar-refractivity contribution in [3.05, 3.63) is 86.9 Å². The summed E-state index contributed by atoms with van der Waals surface area (Å²) in [6.07, 6.45) is -2.56. The number of aryl methyl sites for hydroxylation is 1. The van der Waals surface area contributed by atoms with Crippen molar-refractivity contribution in [3.8, 4) is 0 Å². The Morgan fingerprint density at radius 1 is 1.07 bits per heavy atom. The van der Waals surface area contributed by atoms with E-state index in [1.165, 1.54) is 18.4 Å². The number of aliphatic hydroxyl groups excluding tert-OH is 1. The van der Waals surface area contributed by atoms with E-state index in [9.17, 15) is 42.6 Å². The molecule has 0 spiro atoms. The first kappa shape index (κ1) is 45.4. The number of aliphatic hydroxyl groups is 1. The zero-order valence-electron chi connectivity index (χ0n) is 33.5. The number of nitrogens with zero attached hydrogens (tertiary/aromatic N) is 3. The molecule has 4 rings (SSSR count). The van der Waals surface area contributed by atoms with Crippen LogP contribution in [-0.2, 0) is 27.1 Å². The average Bonchev–Trinajstić information content (AvgIpc) is 3.67. The number of likely N-dealkylation sites (tertiary alicyclic amines) is 1. The van der Waals surface area contributed by atoms with Gasteiger partial charge in [-0.15, -0.1) is 11.3 Å². The molecular formula is C42H56F3N5O6S. The molecule has 312 valence electrons. The van der Waals surface area contributed by atoms with Crippen LogP contribution in [0.4, 0.5) is 13.2 Å². The minimum Gasteiger partial charge on any atom is -0.481 e. The number of alkyl halides is 3. The van der Waals surface area contributed by atoms with E-state index >= 15 is 0 Å². The molecule has 2 heterocycles. The monoisotopic (exact) mass is 815 g/mol. The van der Waals surface area contributed by atoms with Gasteiger partial charge in [-0.1, -0.05) is 76.9 Å². The molecule has 3 unspecified atom stereocenters. The van der Waals surface area contributed by atoms with Crippen molar-refractivity contribution in [3.63, 3.8) is 0 Å². The number of amides is 3. The van der Waals surface area contributed by atoms with Gasteiger partial charge < -0.3 is 25.7 Å². The molecule has 1 fully saturated rings. The lowest BCUT2D eigenvalue weighted by Crippen LogP contribution is -2.58. The van der Waals surface area contributed by atoms with E-state index < -0.39 is 47.7 Å². The minimum absolute atomic E-state index is 0.0123. The molecular weight excluding hydrogens is 760 g/mol. The number of carboxylic acids is 1. The Kier molecular flexibility index (Phi) is 16.2. The van der Waals surface area contributed by atoms with Crippen LogP contribution < -0.4 is 10.6 Å². The summed E-state index contributed by atoms with van der Waals surface area (Å²) in [5.74, 6) is -3.97. The van der Waals surface area contributed by atoms with Gasteiger partial charge in [0, 0.05) is 30.9 Å². The van der Waals surface area contributed by atoms with Gasteiger partial charge in [-0.2, -0.15) is 13.2 Å². The quantitative estimate of drug-likeness (QED) is 0.108. The Morgan fingerprint density at radius 2 is 1.77 bits per heavy atom. The second-order valence-electron chi connectivity index (χ2n) is 15.5. The Morgan fingerprint density at radius 3 is 2.39 bits per heavy atom. The molecule has 0 bridgehead atoms. The number of carbonyl (C=O) groups excluding carboxylic acids is 3. The predicted molar refractivity (Wildman–Crippen MR) is 212 cm³/mol. The molecule has 3 aromatic rings. The Balaban J connectivity index is 1.50. The second-order valence-corrected chi connectivity index (χ2v) is 16.3. The number of hydrogen-bond donors (Lipinski definition) is 4. The number of aromatic nitrogens is 1. The van der Waals surface area contributed by atoms with Crippen molar-refractivity contribution in [1.82, 2.24) is 25.4 Å². The molecule has 1 aliphatic heterocycles. The summed E-state index contributed by atoms with van der Waals surface area (Å²) in [6, 6.07) is 10.9. The van der Waals surface area contributed by atoms with Crippen LogP contribution in [0.3, 0.4) is 0 Å². The average molecular weight is 816 g/mol. The molecule has 6 atom stereocenters. The number of nitrogens with one attached hydrogen (secondary N) is 2. The zero-order chi connectivity index (χ0) is 42.0. The van der Waals surface area contributed by atoms with Crippen molar-refractivity contribution >= 4 is 35.0 Å². The first-order valence-corrected chi connectivity index (χ1v) is 20.5. The maximum atomic E-state index is 14.7. The van der Waals surface area contributed by atoms with E-state index in [1.807, 2.05) is 70.0 Å². The van der Waals surface area contributed by atoms with Crippen LogP contribution >= 0.6 is 11.3 Å². The molecule has 57 heavy (non-hydrogen) atoms. The normalized spacial score (nSPS) is 17.6. The zero-order valence-corrected chi connectivity index (χ0v) is 34.3. The first-order chi connectivity index (χ1) is 26.9. The van der Waals surface area contributed by atoms with Crippen LogP contribution in [0.25, 0.3) is 0 Å². The van der Waals surface area contributed by atoms with Crippen molar-refractivity contribution < 1.29 is 42.6 Å². The molecule has 3 amide bonds. The second kappa shape index (κ2) is 20.4. The number of rotatable bonds is 18. The number of likely N-dealkylation sites (N-methyl/N-ethyl adjacent to an activating group) is 1. The smallest absolute Gasteiger partial charge is 0.416 e. The fourth-order valence-corrected chi connectivity index (χ4v) is 8.11. The molecule has 1 saturated heterocycles. The first-order valence-electron chi connectivity index (χ1n) is 19.6. The maximum Gasteiger partial charge on any atom is 0.416 e. The van der Waals surface area contributed by atoms with Crippen molar-refractivity contribution in [2.24, 2.45) is 11.8 Å². The Hall–Kier alpha value is -4.34. The number of thiazole rings is 1. The predicted octanol–water partition coefficient (Wildman–Crippen LogP) is 6.95. The van der Waals surface area contributed by atoms with Crippen LogP contribution in [0.1, 0.15) is 116 Å². The van der Waals surface area contributed by atoms with E-state index in [0.29, 0.717) is 18.4 Å². The van der Waals surface area contributed by atoms with Gasteiger partial charge in [-0.3, -0.25) is 24.1 Å². The van der Waals surface area contributed by atoms with Crippen molar-refractivity contribution in [1.29, 1.82) is 0 Å². The van der Waals surface area contributed by atoms with Gasteiger partial charge in [0.25, 0.3) is 5.91 Å². The Bertz CT molecular complexity index is 1820. The largest absolute Gasteiger partial charge is 0.481 e. The van der Waals surface area contributed by atoms with Crippen LogP contribution in [0.2, 0.25) is 0 Å². The Labute approximate surface area is 337 Å². The third-order valence-corrected chi connectivity index (χ3v) is 11.9. The summed E-state index contributed by atoms with van der Waals surface area (Å²) >= 11 is 1.06. The third kappa shape index (κ3) is 12.1. The van der Waals surface area contributed by atoms with E-state index in [4.69, 9.17) is 0 Å². The van der Waals surface area contributed by atoms with Crippen LogP contribution in [0, 0.1) is 18.8 Å². The number of halogens is 3. The highest BCUT2D eigenvalue weighted by Gasteiger charge is 2.38. The van der Waals surface area contributed by atoms with Crippen LogP contribution in [0.5, 0.6) is 0 Å². The van der Waals surface area contributed by atoms with E-state index in [2.05, 4.69) is 15.6 Å². The molecule has 15 heteroatoms. The summed E-state index contributed by atoms with van der Waals surface area (Å²) in [7, 11) is 1.93.